The SMILES string of the molecule is CCOc1ccc(NC(=O)c2nc(-c3ccccc3)n(-c3ccc(OCC)cc3)n2)cc1. The van der Waals surface area contributed by atoms with Crippen molar-refractivity contribution in [2.24, 2.45) is 0 Å². The summed E-state index contributed by atoms with van der Waals surface area (Å²) in [6.07, 6.45) is 0. The second-order valence-electron chi connectivity index (χ2n) is 6.88. The largest absolute Gasteiger partial charge is 0.494 e. The first-order chi connectivity index (χ1) is 15.7. The molecule has 1 aromatic heterocycles. The van der Waals surface area contributed by atoms with E-state index in [9.17, 15) is 4.79 Å². The van der Waals surface area contributed by atoms with E-state index >= 15 is 0 Å². The van der Waals surface area contributed by atoms with Crippen molar-refractivity contribution in [1.82, 2.24) is 14.8 Å². The maximum absolute atomic E-state index is 12.9. The Labute approximate surface area is 186 Å². The van der Waals surface area contributed by atoms with E-state index in [0.717, 1.165) is 22.7 Å². The predicted octanol–water partition coefficient (Wildman–Crippen LogP) is 4.98. The molecule has 0 bridgehead atoms. The van der Waals surface area contributed by atoms with Gasteiger partial charge in [-0.1, -0.05) is 30.3 Å². The highest BCUT2D eigenvalue weighted by molar-refractivity contribution is 6.01. The summed E-state index contributed by atoms with van der Waals surface area (Å²) in [7, 11) is 0. The van der Waals surface area contributed by atoms with Gasteiger partial charge in [0, 0.05) is 11.3 Å². The number of carbonyl (C=O) groups excluding carboxylic acids is 1. The van der Waals surface area contributed by atoms with E-state index in [1.165, 1.54) is 0 Å². The number of aromatic nitrogens is 3. The molecule has 0 fully saturated rings. The Morgan fingerprint density at radius 3 is 2.03 bits per heavy atom. The van der Waals surface area contributed by atoms with Crippen LogP contribution in [0.5, 0.6) is 11.5 Å². The van der Waals surface area contributed by atoms with Gasteiger partial charge in [0.2, 0.25) is 5.82 Å². The molecule has 7 heteroatoms. The summed E-state index contributed by atoms with van der Waals surface area (Å²) in [5.74, 6) is 1.77. The molecule has 0 spiro atoms. The number of benzene rings is 3. The summed E-state index contributed by atoms with van der Waals surface area (Å²) in [4.78, 5) is 17.4. The van der Waals surface area contributed by atoms with Crippen molar-refractivity contribution in [2.75, 3.05) is 18.5 Å². The average molecular weight is 428 g/mol. The van der Waals surface area contributed by atoms with Crippen LogP contribution in [0.4, 0.5) is 5.69 Å². The lowest BCUT2D eigenvalue weighted by Gasteiger charge is -2.07. The molecule has 0 aliphatic carbocycles. The summed E-state index contributed by atoms with van der Waals surface area (Å²) < 4.78 is 12.6. The van der Waals surface area contributed by atoms with Crippen LogP contribution < -0.4 is 14.8 Å². The molecule has 0 saturated heterocycles. The first-order valence-corrected chi connectivity index (χ1v) is 10.5. The number of hydrogen-bond donors (Lipinski definition) is 1. The lowest BCUT2D eigenvalue weighted by Crippen LogP contribution is -2.14. The quantitative estimate of drug-likeness (QED) is 0.428. The Bertz CT molecular complexity index is 1170. The molecule has 0 radical (unpaired) electrons. The van der Waals surface area contributed by atoms with Gasteiger partial charge in [-0.3, -0.25) is 4.79 Å². The van der Waals surface area contributed by atoms with Gasteiger partial charge in [-0.2, -0.15) is 0 Å². The number of nitrogens with one attached hydrogen (secondary N) is 1. The number of hydrogen-bond acceptors (Lipinski definition) is 5. The molecular formula is C25H24N4O3. The van der Waals surface area contributed by atoms with Crippen LogP contribution in [-0.4, -0.2) is 33.9 Å². The Morgan fingerprint density at radius 1 is 0.844 bits per heavy atom. The minimum atomic E-state index is -0.393. The van der Waals surface area contributed by atoms with Gasteiger partial charge in [0.05, 0.1) is 18.9 Å². The Hall–Kier alpha value is -4.13. The highest BCUT2D eigenvalue weighted by Crippen LogP contribution is 2.23. The minimum Gasteiger partial charge on any atom is -0.494 e. The number of nitrogens with zero attached hydrogens (tertiary/aromatic N) is 3. The topological polar surface area (TPSA) is 78.3 Å². The monoisotopic (exact) mass is 428 g/mol. The number of carbonyl (C=O) groups is 1. The number of ether oxygens (including phenoxy) is 2. The second-order valence-corrected chi connectivity index (χ2v) is 6.88. The van der Waals surface area contributed by atoms with Gasteiger partial charge < -0.3 is 14.8 Å². The van der Waals surface area contributed by atoms with Gasteiger partial charge in [0.1, 0.15) is 11.5 Å². The van der Waals surface area contributed by atoms with Gasteiger partial charge in [-0.15, -0.1) is 5.10 Å². The van der Waals surface area contributed by atoms with E-state index in [0.29, 0.717) is 24.7 Å². The molecular weight excluding hydrogens is 404 g/mol. The molecule has 0 aliphatic heterocycles. The fourth-order valence-corrected chi connectivity index (χ4v) is 3.20. The van der Waals surface area contributed by atoms with Gasteiger partial charge in [0.15, 0.2) is 5.82 Å². The molecule has 0 unspecified atom stereocenters. The van der Waals surface area contributed by atoms with Crippen LogP contribution in [0.1, 0.15) is 24.5 Å². The number of anilines is 1. The maximum Gasteiger partial charge on any atom is 0.295 e. The summed E-state index contributed by atoms with van der Waals surface area (Å²) in [6, 6.07) is 24.3. The molecule has 1 N–H and O–H groups in total. The van der Waals surface area contributed by atoms with Crippen LogP contribution in [-0.2, 0) is 0 Å². The van der Waals surface area contributed by atoms with Gasteiger partial charge in [-0.05, 0) is 62.4 Å². The van der Waals surface area contributed by atoms with Crippen LogP contribution >= 0.6 is 0 Å². The van der Waals surface area contributed by atoms with Crippen molar-refractivity contribution in [3.8, 4) is 28.6 Å². The third-order valence-electron chi connectivity index (χ3n) is 4.66. The lowest BCUT2D eigenvalue weighted by atomic mass is 10.2. The minimum absolute atomic E-state index is 0.0756. The van der Waals surface area contributed by atoms with Crippen LogP contribution in [0, 0.1) is 0 Å². The standard InChI is InChI=1S/C25H24N4O3/c1-3-31-21-14-10-19(11-15-21)26-25(30)23-27-24(18-8-6-5-7-9-18)29(28-23)20-12-16-22(17-13-20)32-4-2/h5-17H,3-4H2,1-2H3,(H,26,30). The third-order valence-corrected chi connectivity index (χ3v) is 4.66. The Kier molecular flexibility index (Phi) is 6.46. The molecule has 0 atom stereocenters. The molecule has 32 heavy (non-hydrogen) atoms. The van der Waals surface area contributed by atoms with E-state index in [1.54, 1.807) is 28.9 Å². The highest BCUT2D eigenvalue weighted by atomic mass is 16.5. The summed E-state index contributed by atoms with van der Waals surface area (Å²) in [6.45, 7) is 5.04. The molecule has 3 aromatic carbocycles. The van der Waals surface area contributed by atoms with E-state index < -0.39 is 5.91 Å². The van der Waals surface area contributed by atoms with Crippen molar-refractivity contribution in [3.63, 3.8) is 0 Å². The molecule has 4 aromatic rings. The van der Waals surface area contributed by atoms with Crippen LogP contribution in [0.15, 0.2) is 78.9 Å². The molecule has 1 amide bonds. The smallest absolute Gasteiger partial charge is 0.295 e. The van der Waals surface area contributed by atoms with Crippen molar-refractivity contribution < 1.29 is 14.3 Å². The zero-order valence-corrected chi connectivity index (χ0v) is 18.0. The second kappa shape index (κ2) is 9.78. The van der Waals surface area contributed by atoms with Crippen LogP contribution in [0.3, 0.4) is 0 Å². The van der Waals surface area contributed by atoms with Gasteiger partial charge in [0.25, 0.3) is 5.91 Å². The highest BCUT2D eigenvalue weighted by Gasteiger charge is 2.19. The van der Waals surface area contributed by atoms with Gasteiger partial charge >= 0.3 is 0 Å². The van der Waals surface area contributed by atoms with Gasteiger partial charge in [-0.25, -0.2) is 9.67 Å². The molecule has 0 saturated carbocycles. The lowest BCUT2D eigenvalue weighted by molar-refractivity contribution is 0.101. The molecule has 4 rings (SSSR count). The molecule has 7 nitrogen and oxygen atoms in total. The molecule has 1 heterocycles. The van der Waals surface area contributed by atoms with E-state index in [-0.39, 0.29) is 5.82 Å². The fraction of sp³-hybridized carbons (Fsp3) is 0.160. The fourth-order valence-electron chi connectivity index (χ4n) is 3.20. The van der Waals surface area contributed by atoms with Crippen molar-refractivity contribution >= 4 is 11.6 Å². The normalized spacial score (nSPS) is 10.6. The van der Waals surface area contributed by atoms with Crippen LogP contribution in [0.2, 0.25) is 0 Å². The molecule has 162 valence electrons. The summed E-state index contributed by atoms with van der Waals surface area (Å²) in [5, 5.41) is 7.35. The predicted molar refractivity (Wildman–Crippen MR) is 124 cm³/mol. The zero-order chi connectivity index (χ0) is 22.3. The third kappa shape index (κ3) is 4.78. The number of amides is 1. The maximum atomic E-state index is 12.9. The van der Waals surface area contributed by atoms with E-state index in [1.807, 2.05) is 68.4 Å². The average Bonchev–Trinajstić information content (AvgIpc) is 3.28. The Balaban J connectivity index is 1.65. The van der Waals surface area contributed by atoms with Crippen molar-refractivity contribution in [2.45, 2.75) is 13.8 Å². The summed E-state index contributed by atoms with van der Waals surface area (Å²) in [5.41, 5.74) is 2.27. The molecule has 0 aliphatic rings. The Morgan fingerprint density at radius 2 is 1.44 bits per heavy atom. The number of rotatable bonds is 8. The van der Waals surface area contributed by atoms with E-state index in [4.69, 9.17) is 9.47 Å². The first-order valence-electron chi connectivity index (χ1n) is 10.5. The van der Waals surface area contributed by atoms with Crippen molar-refractivity contribution in [1.29, 1.82) is 0 Å². The zero-order valence-electron chi connectivity index (χ0n) is 18.0. The van der Waals surface area contributed by atoms with Crippen LogP contribution in [0.25, 0.3) is 17.1 Å². The van der Waals surface area contributed by atoms with E-state index in [2.05, 4.69) is 15.4 Å². The first kappa shape index (κ1) is 21.1. The summed E-state index contributed by atoms with van der Waals surface area (Å²) >= 11 is 0. The van der Waals surface area contributed by atoms with Crippen molar-refractivity contribution in [3.05, 3.63) is 84.7 Å².